The van der Waals surface area contributed by atoms with Crippen molar-refractivity contribution in [3.8, 4) is 11.5 Å². The number of alkyl halides is 4. The number of ether oxygens (including phenoxy) is 2. The third kappa shape index (κ3) is 2.47. The highest BCUT2D eigenvalue weighted by Crippen LogP contribution is 2.38. The number of Topliss-reactive ketones (excluding diaryl/α,β-unsaturated/α-hetero) is 1. The molecule has 0 bridgehead atoms. The van der Waals surface area contributed by atoms with Gasteiger partial charge in [0.05, 0.1) is 5.02 Å². The van der Waals surface area contributed by atoms with Crippen LogP contribution >= 0.6 is 11.6 Å². The number of ketones is 1. The van der Waals surface area contributed by atoms with Crippen LogP contribution in [0.3, 0.4) is 0 Å². The Labute approximate surface area is 110 Å². The lowest BCUT2D eigenvalue weighted by Gasteiger charge is -2.20. The van der Waals surface area contributed by atoms with E-state index >= 15 is 0 Å². The predicted octanol–water partition coefficient (Wildman–Crippen LogP) is 3.19. The Balaban J connectivity index is 2.43. The molecule has 104 valence electrons. The van der Waals surface area contributed by atoms with E-state index in [1.807, 2.05) is 0 Å². The van der Waals surface area contributed by atoms with Gasteiger partial charge in [-0.15, -0.1) is 0 Å². The summed E-state index contributed by atoms with van der Waals surface area (Å²) < 4.78 is 60.5. The normalized spacial score (nSPS) is 14.6. The maximum atomic E-state index is 13.0. The number of hydrogen-bond acceptors (Lipinski definition) is 3. The molecule has 0 saturated heterocycles. The minimum atomic E-state index is -4.80. The van der Waals surface area contributed by atoms with E-state index in [4.69, 9.17) is 21.1 Å². The van der Waals surface area contributed by atoms with Crippen LogP contribution in [-0.4, -0.2) is 31.3 Å². The number of fused-ring (bicyclic) bond motifs is 1. The fraction of sp³-hybridized carbons (Fsp3) is 0.364. The maximum Gasteiger partial charge on any atom is 0.368 e. The van der Waals surface area contributed by atoms with Crippen molar-refractivity contribution in [2.75, 3.05) is 13.2 Å². The van der Waals surface area contributed by atoms with Gasteiger partial charge in [-0.25, -0.2) is 8.78 Å². The van der Waals surface area contributed by atoms with Crippen LogP contribution in [0.25, 0.3) is 0 Å². The number of hydrogen-bond donors (Lipinski definition) is 0. The van der Waals surface area contributed by atoms with E-state index in [2.05, 4.69) is 0 Å². The lowest BCUT2D eigenvalue weighted by molar-refractivity contribution is -0.0958. The predicted molar refractivity (Wildman–Crippen MR) is 57.7 cm³/mol. The van der Waals surface area contributed by atoms with Gasteiger partial charge in [0.2, 0.25) is 5.78 Å². The van der Waals surface area contributed by atoms with Crippen molar-refractivity contribution in [1.82, 2.24) is 0 Å². The number of carbonyl (C=O) groups is 1. The van der Waals surface area contributed by atoms with Gasteiger partial charge in [-0.1, -0.05) is 11.6 Å². The zero-order chi connectivity index (χ0) is 14.2. The molecule has 0 aromatic heterocycles. The minimum absolute atomic E-state index is 0.0177. The lowest BCUT2D eigenvalue weighted by Crippen LogP contribution is -2.36. The van der Waals surface area contributed by atoms with Crippen LogP contribution in [0, 0.1) is 0 Å². The van der Waals surface area contributed by atoms with Gasteiger partial charge in [0.1, 0.15) is 13.2 Å². The second-order valence-corrected chi connectivity index (χ2v) is 4.14. The van der Waals surface area contributed by atoms with Gasteiger partial charge >= 0.3 is 12.3 Å². The second kappa shape index (κ2) is 4.88. The van der Waals surface area contributed by atoms with E-state index in [-0.39, 0.29) is 24.7 Å². The van der Waals surface area contributed by atoms with Crippen LogP contribution in [0.2, 0.25) is 5.02 Å². The number of carbonyl (C=O) groups excluding carboxylic acids is 1. The summed E-state index contributed by atoms with van der Waals surface area (Å²) in [7, 11) is 0. The van der Waals surface area contributed by atoms with Gasteiger partial charge in [-0.2, -0.15) is 8.78 Å². The monoisotopic (exact) mass is 298 g/mol. The van der Waals surface area contributed by atoms with E-state index < -0.39 is 28.7 Å². The molecule has 2 rings (SSSR count). The molecule has 8 heteroatoms. The molecule has 0 amide bonds. The quantitative estimate of drug-likeness (QED) is 0.635. The molecule has 1 aliphatic heterocycles. The molecule has 0 N–H and O–H groups in total. The van der Waals surface area contributed by atoms with Gasteiger partial charge in [-0.05, 0) is 6.07 Å². The Kier molecular flexibility index (Phi) is 3.58. The summed E-state index contributed by atoms with van der Waals surface area (Å²) in [6, 6.07) is 1.97. The van der Waals surface area contributed by atoms with Crippen LogP contribution in [0.1, 0.15) is 10.4 Å². The number of halogens is 5. The lowest BCUT2D eigenvalue weighted by atomic mass is 10.0. The van der Waals surface area contributed by atoms with Gasteiger partial charge in [0.25, 0.3) is 0 Å². The molecule has 1 aliphatic rings. The minimum Gasteiger partial charge on any atom is -0.486 e. The Morgan fingerprint density at radius 1 is 1.21 bits per heavy atom. The van der Waals surface area contributed by atoms with Crippen molar-refractivity contribution in [3.05, 3.63) is 22.7 Å². The summed E-state index contributed by atoms with van der Waals surface area (Å²) >= 11 is 5.63. The molecule has 0 spiro atoms. The molecule has 1 aromatic carbocycles. The topological polar surface area (TPSA) is 35.5 Å². The molecular weight excluding hydrogens is 292 g/mol. The van der Waals surface area contributed by atoms with Gasteiger partial charge in [-0.3, -0.25) is 4.79 Å². The standard InChI is InChI=1S/C11H7ClF4O3/c12-6-4-8-7(18-1-2-19-8)3-5(6)9(17)11(15,16)10(13)14/h3-4,10H,1-2H2. The Bertz CT molecular complexity index is 519. The van der Waals surface area contributed by atoms with Crippen molar-refractivity contribution < 1.29 is 31.8 Å². The Morgan fingerprint density at radius 2 is 1.74 bits per heavy atom. The third-order valence-electron chi connectivity index (χ3n) is 2.45. The first-order chi connectivity index (χ1) is 8.84. The van der Waals surface area contributed by atoms with Crippen molar-refractivity contribution in [1.29, 1.82) is 0 Å². The highest BCUT2D eigenvalue weighted by Gasteiger charge is 2.49. The first kappa shape index (κ1) is 13.9. The van der Waals surface area contributed by atoms with Crippen LogP contribution in [0.15, 0.2) is 12.1 Å². The zero-order valence-corrected chi connectivity index (χ0v) is 10.0. The largest absolute Gasteiger partial charge is 0.486 e. The molecular formula is C11H7ClF4O3. The molecule has 0 fully saturated rings. The van der Waals surface area contributed by atoms with Gasteiger partial charge in [0, 0.05) is 11.6 Å². The summed E-state index contributed by atoms with van der Waals surface area (Å²) in [6.07, 6.45) is -4.11. The summed E-state index contributed by atoms with van der Waals surface area (Å²) in [6.45, 7) is 0.400. The van der Waals surface area contributed by atoms with Crippen molar-refractivity contribution in [2.24, 2.45) is 0 Å². The van der Waals surface area contributed by atoms with Crippen molar-refractivity contribution in [2.45, 2.75) is 12.3 Å². The molecule has 0 aliphatic carbocycles. The summed E-state index contributed by atoms with van der Waals surface area (Å²) in [5.74, 6) is -6.66. The smallest absolute Gasteiger partial charge is 0.368 e. The highest BCUT2D eigenvalue weighted by atomic mass is 35.5. The van der Waals surface area contributed by atoms with E-state index in [9.17, 15) is 22.4 Å². The Morgan fingerprint density at radius 3 is 2.26 bits per heavy atom. The molecule has 0 radical (unpaired) electrons. The summed E-state index contributed by atoms with van der Waals surface area (Å²) in [5.41, 5.74) is -0.726. The molecule has 3 nitrogen and oxygen atoms in total. The van der Waals surface area contributed by atoms with E-state index in [1.54, 1.807) is 0 Å². The van der Waals surface area contributed by atoms with E-state index in [0.717, 1.165) is 12.1 Å². The first-order valence-electron chi connectivity index (χ1n) is 5.14. The van der Waals surface area contributed by atoms with Gasteiger partial charge < -0.3 is 9.47 Å². The van der Waals surface area contributed by atoms with Gasteiger partial charge in [0.15, 0.2) is 11.5 Å². The first-order valence-corrected chi connectivity index (χ1v) is 5.51. The molecule has 1 heterocycles. The molecule has 0 unspecified atom stereocenters. The van der Waals surface area contributed by atoms with Crippen molar-refractivity contribution in [3.63, 3.8) is 0 Å². The fourth-order valence-corrected chi connectivity index (χ4v) is 1.76. The van der Waals surface area contributed by atoms with Crippen LogP contribution in [0.4, 0.5) is 17.6 Å². The SMILES string of the molecule is O=C(c1cc2c(cc1Cl)OCCO2)C(F)(F)C(F)F. The van der Waals surface area contributed by atoms with Crippen LogP contribution in [0.5, 0.6) is 11.5 Å². The second-order valence-electron chi connectivity index (χ2n) is 3.73. The van der Waals surface area contributed by atoms with Crippen LogP contribution < -0.4 is 9.47 Å². The average molecular weight is 299 g/mol. The van der Waals surface area contributed by atoms with E-state index in [1.165, 1.54) is 0 Å². The molecule has 19 heavy (non-hydrogen) atoms. The van der Waals surface area contributed by atoms with Crippen molar-refractivity contribution >= 4 is 17.4 Å². The van der Waals surface area contributed by atoms with E-state index in [0.29, 0.717) is 0 Å². The average Bonchev–Trinajstić information content (AvgIpc) is 2.36. The Hall–Kier alpha value is -1.50. The molecule has 1 aromatic rings. The third-order valence-corrected chi connectivity index (χ3v) is 2.77. The molecule has 0 saturated carbocycles. The van der Waals surface area contributed by atoms with Crippen LogP contribution in [-0.2, 0) is 0 Å². The zero-order valence-electron chi connectivity index (χ0n) is 9.26. The number of benzene rings is 1. The summed E-state index contributed by atoms with van der Waals surface area (Å²) in [4.78, 5) is 11.4. The highest BCUT2D eigenvalue weighted by molar-refractivity contribution is 6.34. The number of rotatable bonds is 3. The fourth-order valence-electron chi connectivity index (χ4n) is 1.52. The summed E-state index contributed by atoms with van der Waals surface area (Å²) in [5, 5.41) is -0.394. The molecule has 0 atom stereocenters. The maximum absolute atomic E-state index is 13.0.